The van der Waals surface area contributed by atoms with Gasteiger partial charge in [0.15, 0.2) is 0 Å². The molecule has 0 amide bonds. The van der Waals surface area contributed by atoms with Crippen molar-refractivity contribution in [1.29, 1.82) is 0 Å². The van der Waals surface area contributed by atoms with Crippen molar-refractivity contribution in [2.24, 2.45) is 0 Å². The third-order valence-electron chi connectivity index (χ3n) is 1.61. The Morgan fingerprint density at radius 3 is 2.45 bits per heavy atom. The van der Waals surface area contributed by atoms with Gasteiger partial charge in [-0.25, -0.2) is 0 Å². The third kappa shape index (κ3) is 2.86. The highest BCUT2D eigenvalue weighted by Crippen LogP contribution is 2.03. The van der Waals surface area contributed by atoms with Crippen molar-refractivity contribution >= 4 is 10.5 Å². The van der Waals surface area contributed by atoms with E-state index in [-0.39, 0.29) is 0 Å². The zero-order valence-corrected chi connectivity index (χ0v) is 7.63. The summed E-state index contributed by atoms with van der Waals surface area (Å²) in [5.41, 5.74) is 2.61. The first kappa shape index (κ1) is 8.49. The third-order valence-corrected chi connectivity index (χ3v) is 1.82. The van der Waals surface area contributed by atoms with Crippen molar-refractivity contribution in [3.63, 3.8) is 0 Å². The van der Waals surface area contributed by atoms with E-state index in [9.17, 15) is 0 Å². The van der Waals surface area contributed by atoms with Crippen molar-refractivity contribution in [2.75, 3.05) is 6.61 Å². The molecule has 1 nitrogen and oxygen atoms in total. The van der Waals surface area contributed by atoms with E-state index in [0.717, 1.165) is 13.0 Å². The van der Waals surface area contributed by atoms with E-state index < -0.39 is 0 Å². The molecule has 1 aromatic rings. The lowest BCUT2D eigenvalue weighted by molar-refractivity contribution is 0.354. The largest absolute Gasteiger partial charge is 0.418 e. The molecule has 0 N–H and O–H groups in total. The Kier molecular flexibility index (Phi) is 3.33. The topological polar surface area (TPSA) is 9.23 Å². The summed E-state index contributed by atoms with van der Waals surface area (Å²) >= 11 is 0. The first-order valence-corrected chi connectivity index (χ1v) is 4.08. The average molecular weight is 163 g/mol. The minimum Gasteiger partial charge on any atom is -0.418 e. The van der Waals surface area contributed by atoms with Crippen molar-refractivity contribution in [2.45, 2.75) is 13.3 Å². The van der Waals surface area contributed by atoms with Crippen LogP contribution in [0.1, 0.15) is 11.1 Å². The Labute approximate surface area is 70.9 Å². The first-order chi connectivity index (χ1) is 5.33. The lowest BCUT2D eigenvalue weighted by atomic mass is 10.1. The zero-order chi connectivity index (χ0) is 8.10. The van der Waals surface area contributed by atoms with Gasteiger partial charge >= 0.3 is 0 Å². The van der Waals surface area contributed by atoms with Crippen LogP contribution in [-0.4, -0.2) is 17.1 Å². The van der Waals surface area contributed by atoms with E-state index >= 15 is 0 Å². The van der Waals surface area contributed by atoms with Gasteiger partial charge < -0.3 is 4.43 Å². The van der Waals surface area contributed by atoms with Gasteiger partial charge in [0, 0.05) is 6.61 Å². The fourth-order valence-corrected chi connectivity index (χ4v) is 1.03. The summed E-state index contributed by atoms with van der Waals surface area (Å²) < 4.78 is 4.78. The van der Waals surface area contributed by atoms with Crippen molar-refractivity contribution in [3.05, 3.63) is 35.4 Å². The molecule has 0 unspecified atom stereocenters. The molecule has 0 heterocycles. The van der Waals surface area contributed by atoms with E-state index in [2.05, 4.69) is 41.7 Å². The molecular weight excluding hydrogens is 152 g/mol. The van der Waals surface area contributed by atoms with Gasteiger partial charge in [0.1, 0.15) is 0 Å². The van der Waals surface area contributed by atoms with Crippen LogP contribution < -0.4 is 0 Å². The quantitative estimate of drug-likeness (QED) is 0.615. The van der Waals surface area contributed by atoms with Gasteiger partial charge in [-0.2, -0.15) is 0 Å². The molecule has 0 fully saturated rings. The van der Waals surface area contributed by atoms with Crippen LogP contribution in [0.15, 0.2) is 24.3 Å². The number of hydrogen-bond acceptors (Lipinski definition) is 1. The Morgan fingerprint density at radius 1 is 1.27 bits per heavy atom. The summed E-state index contributed by atoms with van der Waals surface area (Å²) in [6.07, 6.45) is 0.962. The number of benzene rings is 1. The van der Waals surface area contributed by atoms with Crippen LogP contribution in [0.25, 0.3) is 0 Å². The van der Waals surface area contributed by atoms with Gasteiger partial charge in [-0.05, 0) is 18.9 Å². The summed E-state index contributed by atoms with van der Waals surface area (Å²) in [4.78, 5) is 0. The summed E-state index contributed by atoms with van der Waals surface area (Å²) in [5, 5.41) is 0. The second-order valence-electron chi connectivity index (χ2n) is 2.58. The van der Waals surface area contributed by atoms with Crippen molar-refractivity contribution in [1.82, 2.24) is 0 Å². The van der Waals surface area contributed by atoms with E-state index in [1.807, 2.05) is 0 Å². The second kappa shape index (κ2) is 4.31. The van der Waals surface area contributed by atoms with Crippen molar-refractivity contribution < 1.29 is 4.43 Å². The Hall–Kier alpha value is -0.603. The molecule has 2 heteroatoms. The second-order valence-corrected chi connectivity index (χ2v) is 2.87. The van der Waals surface area contributed by atoms with Crippen molar-refractivity contribution in [3.8, 4) is 0 Å². The molecule has 0 bridgehead atoms. The van der Waals surface area contributed by atoms with Crippen LogP contribution in [0.5, 0.6) is 0 Å². The predicted molar refractivity (Wildman–Crippen MR) is 46.6 cm³/mol. The Balaban J connectivity index is 2.52. The molecule has 0 aliphatic heterocycles. The molecule has 0 aliphatic carbocycles. The fraction of sp³-hybridized carbons (Fsp3) is 0.333. The van der Waals surface area contributed by atoms with E-state index in [1.54, 1.807) is 0 Å². The maximum atomic E-state index is 4.78. The van der Waals surface area contributed by atoms with Gasteiger partial charge in [-0.15, -0.1) is 0 Å². The molecule has 1 aromatic carbocycles. The lowest BCUT2D eigenvalue weighted by Crippen LogP contribution is -1.94. The lowest BCUT2D eigenvalue weighted by Gasteiger charge is -1.99. The van der Waals surface area contributed by atoms with Gasteiger partial charge in [-0.3, -0.25) is 0 Å². The van der Waals surface area contributed by atoms with Crippen LogP contribution in [0.3, 0.4) is 0 Å². The molecule has 0 aliphatic rings. The van der Waals surface area contributed by atoms with E-state index in [0.29, 0.717) is 0 Å². The Morgan fingerprint density at radius 2 is 1.91 bits per heavy atom. The highest BCUT2D eigenvalue weighted by molar-refractivity contribution is 5.97. The highest BCUT2D eigenvalue weighted by atomic mass is 28.2. The molecule has 0 saturated carbocycles. The molecular formula is C9H11OSi. The van der Waals surface area contributed by atoms with E-state index in [4.69, 9.17) is 4.43 Å². The monoisotopic (exact) mass is 163 g/mol. The molecule has 1 rings (SSSR count). The molecule has 0 aromatic heterocycles. The smallest absolute Gasteiger partial charge is 0.246 e. The maximum Gasteiger partial charge on any atom is 0.246 e. The molecule has 0 atom stereocenters. The minimum atomic E-state index is 0.722. The minimum absolute atomic E-state index is 0.722. The SMILES string of the molecule is Cc1ccc(CCO[Si])cc1. The van der Waals surface area contributed by atoms with Gasteiger partial charge in [0.05, 0.1) is 0 Å². The van der Waals surface area contributed by atoms with Crippen LogP contribution in [-0.2, 0) is 10.8 Å². The van der Waals surface area contributed by atoms with Crippen LogP contribution in [0.2, 0.25) is 0 Å². The number of rotatable bonds is 3. The normalized spacial score (nSPS) is 10.0. The van der Waals surface area contributed by atoms with Gasteiger partial charge in [0.25, 0.3) is 0 Å². The standard InChI is InChI=1S/C9H11OSi/c1-8-2-4-9(5-3-8)6-7-10-11/h2-5H,6-7H2,1H3. The van der Waals surface area contributed by atoms with Crippen LogP contribution in [0, 0.1) is 6.92 Å². The fourth-order valence-electron chi connectivity index (χ4n) is 0.924. The maximum absolute atomic E-state index is 4.78. The first-order valence-electron chi connectivity index (χ1n) is 3.67. The summed E-state index contributed by atoms with van der Waals surface area (Å²) in [7, 11) is 2.97. The molecule has 0 saturated heterocycles. The predicted octanol–water partition coefficient (Wildman–Crippen LogP) is 1.64. The molecule has 11 heavy (non-hydrogen) atoms. The van der Waals surface area contributed by atoms with Gasteiger partial charge in [-0.1, -0.05) is 29.8 Å². The highest BCUT2D eigenvalue weighted by Gasteiger charge is 1.90. The summed E-state index contributed by atoms with van der Waals surface area (Å²) in [6, 6.07) is 8.48. The zero-order valence-electron chi connectivity index (χ0n) is 6.63. The number of aryl methyl sites for hydroxylation is 1. The van der Waals surface area contributed by atoms with Gasteiger partial charge in [0.2, 0.25) is 10.5 Å². The molecule has 57 valence electrons. The molecule has 3 radical (unpaired) electrons. The summed E-state index contributed by atoms with van der Waals surface area (Å²) in [6.45, 7) is 2.81. The number of hydrogen-bond donors (Lipinski definition) is 0. The average Bonchev–Trinajstić information content (AvgIpc) is 2.04. The van der Waals surface area contributed by atoms with Crippen LogP contribution >= 0.6 is 0 Å². The molecule has 0 spiro atoms. The Bertz CT molecular complexity index is 205. The van der Waals surface area contributed by atoms with Crippen LogP contribution in [0.4, 0.5) is 0 Å². The van der Waals surface area contributed by atoms with E-state index in [1.165, 1.54) is 11.1 Å². The summed E-state index contributed by atoms with van der Waals surface area (Å²) in [5.74, 6) is 0.